The topological polar surface area (TPSA) is 66.5 Å². The minimum Gasteiger partial charge on any atom is -0.353 e. The molecular formula is C21H28N2O3S. The molecule has 1 saturated heterocycles. The van der Waals surface area contributed by atoms with Gasteiger partial charge in [0.15, 0.2) is 0 Å². The van der Waals surface area contributed by atoms with Crippen LogP contribution in [-0.2, 0) is 14.8 Å². The van der Waals surface area contributed by atoms with Crippen molar-refractivity contribution in [1.29, 1.82) is 0 Å². The second kappa shape index (κ2) is 8.40. The Morgan fingerprint density at radius 1 is 1.22 bits per heavy atom. The van der Waals surface area contributed by atoms with Gasteiger partial charge < -0.3 is 5.32 Å². The van der Waals surface area contributed by atoms with Crippen molar-refractivity contribution >= 4 is 26.7 Å². The van der Waals surface area contributed by atoms with Gasteiger partial charge in [0.25, 0.3) is 0 Å². The largest absolute Gasteiger partial charge is 0.353 e. The number of carbonyl (C=O) groups is 1. The van der Waals surface area contributed by atoms with Crippen LogP contribution >= 0.6 is 0 Å². The van der Waals surface area contributed by atoms with Gasteiger partial charge in [-0.1, -0.05) is 43.7 Å². The third kappa shape index (κ3) is 4.50. The summed E-state index contributed by atoms with van der Waals surface area (Å²) in [6.45, 7) is 4.79. The van der Waals surface area contributed by atoms with Crippen LogP contribution in [0.1, 0.15) is 39.5 Å². The number of sulfonamides is 1. The molecule has 2 aromatic carbocycles. The number of rotatable bonds is 6. The SMILES string of the molecule is CCCC(C)NC(=O)C1CCCN(S(=O)(=O)c2ccc3ccccc3c2)C1. The van der Waals surface area contributed by atoms with Crippen LogP contribution in [0, 0.1) is 5.92 Å². The van der Waals surface area contributed by atoms with Crippen LogP contribution in [0.25, 0.3) is 10.8 Å². The summed E-state index contributed by atoms with van der Waals surface area (Å²) in [5, 5.41) is 4.94. The van der Waals surface area contributed by atoms with Gasteiger partial charge in [-0.05, 0) is 49.1 Å². The van der Waals surface area contributed by atoms with E-state index in [0.717, 1.165) is 30.0 Å². The third-order valence-corrected chi connectivity index (χ3v) is 7.09. The molecule has 1 fully saturated rings. The standard InChI is InChI=1S/C21H28N2O3S/c1-3-7-16(2)22-21(24)19-10-6-13-23(15-19)27(25,26)20-12-11-17-8-4-5-9-18(17)14-20/h4-5,8-9,11-12,14,16,19H,3,6-7,10,13,15H2,1-2H3,(H,22,24). The number of benzene rings is 2. The smallest absolute Gasteiger partial charge is 0.243 e. The van der Waals surface area contributed by atoms with Crippen LogP contribution in [-0.4, -0.2) is 37.8 Å². The average Bonchev–Trinajstić information content (AvgIpc) is 2.67. The maximum atomic E-state index is 13.1. The normalized spacial score (nSPS) is 19.7. The van der Waals surface area contributed by atoms with Crippen LogP contribution in [0.4, 0.5) is 0 Å². The van der Waals surface area contributed by atoms with Crippen molar-refractivity contribution in [2.24, 2.45) is 5.92 Å². The highest BCUT2D eigenvalue weighted by Gasteiger charge is 2.33. The van der Waals surface area contributed by atoms with Gasteiger partial charge in [-0.15, -0.1) is 0 Å². The van der Waals surface area contributed by atoms with Crippen LogP contribution < -0.4 is 5.32 Å². The van der Waals surface area contributed by atoms with E-state index in [2.05, 4.69) is 12.2 Å². The lowest BCUT2D eigenvalue weighted by atomic mass is 9.98. The first-order valence-corrected chi connectivity index (χ1v) is 11.1. The molecular weight excluding hydrogens is 360 g/mol. The number of hydrogen-bond acceptors (Lipinski definition) is 3. The van der Waals surface area contributed by atoms with Crippen LogP contribution in [0.2, 0.25) is 0 Å². The molecule has 0 aliphatic carbocycles. The van der Waals surface area contributed by atoms with E-state index in [1.165, 1.54) is 4.31 Å². The van der Waals surface area contributed by atoms with Crippen molar-refractivity contribution in [2.75, 3.05) is 13.1 Å². The van der Waals surface area contributed by atoms with E-state index in [-0.39, 0.29) is 24.4 Å². The maximum Gasteiger partial charge on any atom is 0.243 e. The second-order valence-corrected chi connectivity index (χ2v) is 9.35. The maximum absolute atomic E-state index is 13.1. The molecule has 3 rings (SSSR count). The van der Waals surface area contributed by atoms with Gasteiger partial charge in [0, 0.05) is 19.1 Å². The van der Waals surface area contributed by atoms with E-state index >= 15 is 0 Å². The Morgan fingerprint density at radius 3 is 2.70 bits per heavy atom. The molecule has 0 spiro atoms. The molecule has 0 bridgehead atoms. The zero-order valence-corrected chi connectivity index (χ0v) is 16.8. The van der Waals surface area contributed by atoms with Gasteiger partial charge in [0.05, 0.1) is 10.8 Å². The van der Waals surface area contributed by atoms with E-state index in [1.807, 2.05) is 37.3 Å². The highest BCUT2D eigenvalue weighted by Crippen LogP contribution is 2.26. The molecule has 1 aliphatic rings. The van der Waals surface area contributed by atoms with Gasteiger partial charge in [0.2, 0.25) is 15.9 Å². The van der Waals surface area contributed by atoms with Gasteiger partial charge in [-0.3, -0.25) is 4.79 Å². The number of carbonyl (C=O) groups excluding carboxylic acids is 1. The molecule has 2 aromatic rings. The minimum atomic E-state index is -3.61. The number of fused-ring (bicyclic) bond motifs is 1. The fraction of sp³-hybridized carbons (Fsp3) is 0.476. The van der Waals surface area contributed by atoms with Crippen molar-refractivity contribution in [3.63, 3.8) is 0 Å². The monoisotopic (exact) mass is 388 g/mol. The molecule has 0 radical (unpaired) electrons. The van der Waals surface area contributed by atoms with Gasteiger partial charge in [0.1, 0.15) is 0 Å². The number of amides is 1. The molecule has 1 amide bonds. The molecule has 1 heterocycles. The van der Waals surface area contributed by atoms with Gasteiger partial charge in [-0.2, -0.15) is 4.31 Å². The Bertz CT molecular complexity index is 911. The summed E-state index contributed by atoms with van der Waals surface area (Å²) in [6, 6.07) is 13.0. The summed E-state index contributed by atoms with van der Waals surface area (Å²) in [6.07, 6.45) is 3.37. The summed E-state index contributed by atoms with van der Waals surface area (Å²) >= 11 is 0. The third-order valence-electron chi connectivity index (χ3n) is 5.22. The predicted molar refractivity (Wildman–Crippen MR) is 108 cm³/mol. The highest BCUT2D eigenvalue weighted by atomic mass is 32.2. The Labute approximate surface area is 161 Å². The lowest BCUT2D eigenvalue weighted by Crippen LogP contribution is -2.47. The summed E-state index contributed by atoms with van der Waals surface area (Å²) in [5.41, 5.74) is 0. The van der Waals surface area contributed by atoms with Crippen molar-refractivity contribution in [3.05, 3.63) is 42.5 Å². The molecule has 1 N–H and O–H groups in total. The lowest BCUT2D eigenvalue weighted by molar-refractivity contribution is -0.126. The van der Waals surface area contributed by atoms with Gasteiger partial charge in [-0.25, -0.2) is 8.42 Å². The van der Waals surface area contributed by atoms with E-state index in [1.54, 1.807) is 12.1 Å². The summed E-state index contributed by atoms with van der Waals surface area (Å²) < 4.78 is 27.7. The lowest BCUT2D eigenvalue weighted by Gasteiger charge is -2.32. The molecule has 146 valence electrons. The molecule has 0 aromatic heterocycles. The fourth-order valence-corrected chi connectivity index (χ4v) is 5.28. The molecule has 1 aliphatic heterocycles. The zero-order chi connectivity index (χ0) is 19.4. The first kappa shape index (κ1) is 19.8. The van der Waals surface area contributed by atoms with Gasteiger partial charge >= 0.3 is 0 Å². The van der Waals surface area contributed by atoms with Crippen LogP contribution in [0.15, 0.2) is 47.4 Å². The molecule has 0 saturated carbocycles. The van der Waals surface area contributed by atoms with E-state index in [9.17, 15) is 13.2 Å². The molecule has 2 atom stereocenters. The number of piperidine rings is 1. The molecule has 6 heteroatoms. The Morgan fingerprint density at radius 2 is 1.96 bits per heavy atom. The van der Waals surface area contributed by atoms with Crippen molar-refractivity contribution in [1.82, 2.24) is 9.62 Å². The predicted octanol–water partition coefficient (Wildman–Crippen LogP) is 3.55. The highest BCUT2D eigenvalue weighted by molar-refractivity contribution is 7.89. The van der Waals surface area contributed by atoms with E-state index in [4.69, 9.17) is 0 Å². The van der Waals surface area contributed by atoms with Crippen molar-refractivity contribution < 1.29 is 13.2 Å². The van der Waals surface area contributed by atoms with Crippen LogP contribution in [0.5, 0.6) is 0 Å². The second-order valence-electron chi connectivity index (χ2n) is 7.41. The Kier molecular flexibility index (Phi) is 6.17. The number of hydrogen-bond donors (Lipinski definition) is 1. The quantitative estimate of drug-likeness (QED) is 0.823. The van der Waals surface area contributed by atoms with E-state index < -0.39 is 10.0 Å². The van der Waals surface area contributed by atoms with Crippen molar-refractivity contribution in [3.8, 4) is 0 Å². The molecule has 5 nitrogen and oxygen atoms in total. The van der Waals surface area contributed by atoms with Crippen molar-refractivity contribution in [2.45, 2.75) is 50.5 Å². The Hall–Kier alpha value is -1.92. The van der Waals surface area contributed by atoms with E-state index in [0.29, 0.717) is 17.9 Å². The zero-order valence-electron chi connectivity index (χ0n) is 16.0. The first-order valence-electron chi connectivity index (χ1n) is 9.71. The fourth-order valence-electron chi connectivity index (χ4n) is 3.72. The summed E-state index contributed by atoms with van der Waals surface area (Å²) in [5.74, 6) is -0.317. The summed E-state index contributed by atoms with van der Waals surface area (Å²) in [7, 11) is -3.61. The van der Waals surface area contributed by atoms with Crippen LogP contribution in [0.3, 0.4) is 0 Å². The Balaban J connectivity index is 1.76. The molecule has 2 unspecified atom stereocenters. The summed E-state index contributed by atoms with van der Waals surface area (Å²) in [4.78, 5) is 12.8. The molecule has 27 heavy (non-hydrogen) atoms. The number of nitrogens with zero attached hydrogens (tertiary/aromatic N) is 1. The average molecular weight is 389 g/mol. The number of nitrogens with one attached hydrogen (secondary N) is 1. The first-order chi connectivity index (χ1) is 12.9. The minimum absolute atomic E-state index is 0.0330.